The summed E-state index contributed by atoms with van der Waals surface area (Å²) in [6.45, 7) is 0. The van der Waals surface area contributed by atoms with Crippen molar-refractivity contribution in [2.45, 2.75) is 0 Å². The molecule has 0 aliphatic carbocycles. The molecule has 7 heteroatoms. The molecule has 0 saturated heterocycles. The molecule has 0 saturated carbocycles. The second kappa shape index (κ2) is 7.14. The average Bonchev–Trinajstić information content (AvgIpc) is 2.41. The van der Waals surface area contributed by atoms with Crippen molar-refractivity contribution >= 4 is 58.5 Å². The van der Waals surface area contributed by atoms with Gasteiger partial charge in [-0.25, -0.2) is 5.43 Å². The summed E-state index contributed by atoms with van der Waals surface area (Å²) in [5, 5.41) is 5.49. The number of hydrazone groups is 1. The molecule has 0 fully saturated rings. The molecule has 0 aliphatic heterocycles. The van der Waals surface area contributed by atoms with Gasteiger partial charge >= 0.3 is 0 Å². The van der Waals surface area contributed by atoms with Gasteiger partial charge in [0, 0.05) is 15.6 Å². The molecule has 0 heterocycles. The van der Waals surface area contributed by atoms with Gasteiger partial charge in [-0.3, -0.25) is 4.79 Å². The van der Waals surface area contributed by atoms with Gasteiger partial charge in [0.05, 0.1) is 21.8 Å². The SMILES string of the molecule is O=C(N/N=C/c1ccc(Cl)cc1Cl)c1ccc(Cl)cc1Cl. The van der Waals surface area contributed by atoms with E-state index in [1.54, 1.807) is 24.3 Å². The highest BCUT2D eigenvalue weighted by molar-refractivity contribution is 6.37. The van der Waals surface area contributed by atoms with Crippen LogP contribution in [-0.4, -0.2) is 12.1 Å². The minimum atomic E-state index is -0.446. The van der Waals surface area contributed by atoms with E-state index in [-0.39, 0.29) is 10.6 Å². The van der Waals surface area contributed by atoms with Crippen molar-refractivity contribution in [3.63, 3.8) is 0 Å². The van der Waals surface area contributed by atoms with Gasteiger partial charge in [0.2, 0.25) is 0 Å². The lowest BCUT2D eigenvalue weighted by Gasteiger charge is -2.03. The Kier molecular flexibility index (Phi) is 5.48. The van der Waals surface area contributed by atoms with Gasteiger partial charge in [-0.05, 0) is 30.3 Å². The Balaban J connectivity index is 2.08. The number of benzene rings is 2. The van der Waals surface area contributed by atoms with E-state index in [0.717, 1.165) is 0 Å². The van der Waals surface area contributed by atoms with Crippen LogP contribution in [0.15, 0.2) is 41.5 Å². The summed E-state index contributed by atoms with van der Waals surface area (Å²) in [6.07, 6.45) is 1.42. The molecule has 0 aliphatic rings. The number of carbonyl (C=O) groups excluding carboxylic acids is 1. The second-order valence-corrected chi connectivity index (χ2v) is 5.68. The van der Waals surface area contributed by atoms with Crippen LogP contribution in [-0.2, 0) is 0 Å². The van der Waals surface area contributed by atoms with E-state index in [9.17, 15) is 4.79 Å². The van der Waals surface area contributed by atoms with Crippen LogP contribution in [0, 0.1) is 0 Å². The third kappa shape index (κ3) is 4.35. The minimum absolute atomic E-state index is 0.250. The van der Waals surface area contributed by atoms with Crippen molar-refractivity contribution in [2.75, 3.05) is 0 Å². The second-order valence-electron chi connectivity index (χ2n) is 3.99. The Morgan fingerprint density at radius 2 is 1.57 bits per heavy atom. The summed E-state index contributed by atoms with van der Waals surface area (Å²) < 4.78 is 0. The molecule has 1 N–H and O–H groups in total. The predicted octanol–water partition coefficient (Wildman–Crippen LogP) is 5.06. The maximum atomic E-state index is 11.9. The Morgan fingerprint density at radius 1 is 0.952 bits per heavy atom. The van der Waals surface area contributed by atoms with Gasteiger partial charge in [-0.15, -0.1) is 0 Å². The Labute approximate surface area is 141 Å². The van der Waals surface area contributed by atoms with Crippen LogP contribution in [0.2, 0.25) is 20.1 Å². The number of hydrogen-bond donors (Lipinski definition) is 1. The summed E-state index contributed by atoms with van der Waals surface area (Å²) >= 11 is 23.5. The number of nitrogens with zero attached hydrogens (tertiary/aromatic N) is 1. The third-order valence-corrected chi connectivity index (χ3v) is 3.62. The Morgan fingerprint density at radius 3 is 2.19 bits per heavy atom. The maximum absolute atomic E-state index is 11.9. The van der Waals surface area contributed by atoms with Gasteiger partial charge in [-0.2, -0.15) is 5.10 Å². The fourth-order valence-corrected chi connectivity index (χ4v) is 2.45. The molecule has 21 heavy (non-hydrogen) atoms. The first-order chi connectivity index (χ1) is 9.97. The van der Waals surface area contributed by atoms with Crippen molar-refractivity contribution in [2.24, 2.45) is 5.10 Å². The van der Waals surface area contributed by atoms with Gasteiger partial charge in [0.15, 0.2) is 0 Å². The van der Waals surface area contributed by atoms with Crippen LogP contribution in [0.3, 0.4) is 0 Å². The van der Waals surface area contributed by atoms with Crippen molar-refractivity contribution < 1.29 is 4.79 Å². The molecule has 0 unspecified atom stereocenters. The lowest BCUT2D eigenvalue weighted by molar-refractivity contribution is 0.0955. The zero-order chi connectivity index (χ0) is 15.4. The highest BCUT2D eigenvalue weighted by atomic mass is 35.5. The number of rotatable bonds is 3. The molecule has 3 nitrogen and oxygen atoms in total. The van der Waals surface area contributed by atoms with Crippen LogP contribution in [0.1, 0.15) is 15.9 Å². The highest BCUT2D eigenvalue weighted by Crippen LogP contribution is 2.21. The first-order valence-electron chi connectivity index (χ1n) is 5.71. The van der Waals surface area contributed by atoms with Crippen LogP contribution in [0.4, 0.5) is 0 Å². The van der Waals surface area contributed by atoms with E-state index in [4.69, 9.17) is 46.4 Å². The molecule has 0 atom stereocenters. The molecule has 2 aromatic carbocycles. The van der Waals surface area contributed by atoms with E-state index >= 15 is 0 Å². The fraction of sp³-hybridized carbons (Fsp3) is 0. The maximum Gasteiger partial charge on any atom is 0.272 e. The molecular weight excluding hydrogens is 354 g/mol. The standard InChI is InChI=1S/C14H8Cl4N2O/c15-9-2-1-8(12(17)5-9)7-19-20-14(21)11-4-3-10(16)6-13(11)18/h1-7H,(H,20,21)/b19-7+. The van der Waals surface area contributed by atoms with Crippen molar-refractivity contribution in [1.82, 2.24) is 5.43 Å². The van der Waals surface area contributed by atoms with Crippen LogP contribution < -0.4 is 5.43 Å². The molecule has 0 aromatic heterocycles. The predicted molar refractivity (Wildman–Crippen MR) is 88.0 cm³/mol. The van der Waals surface area contributed by atoms with Crippen molar-refractivity contribution in [3.05, 3.63) is 67.6 Å². The van der Waals surface area contributed by atoms with E-state index in [1.165, 1.54) is 18.3 Å². The van der Waals surface area contributed by atoms with E-state index < -0.39 is 5.91 Å². The van der Waals surface area contributed by atoms with Gasteiger partial charge < -0.3 is 0 Å². The zero-order valence-corrected chi connectivity index (χ0v) is 13.4. The zero-order valence-electron chi connectivity index (χ0n) is 10.4. The number of hydrogen-bond acceptors (Lipinski definition) is 2. The summed E-state index contributed by atoms with van der Waals surface area (Å²) in [5.74, 6) is -0.446. The highest BCUT2D eigenvalue weighted by Gasteiger charge is 2.09. The molecule has 2 rings (SSSR count). The van der Waals surface area contributed by atoms with Crippen LogP contribution in [0.25, 0.3) is 0 Å². The monoisotopic (exact) mass is 360 g/mol. The minimum Gasteiger partial charge on any atom is -0.267 e. The van der Waals surface area contributed by atoms with Gasteiger partial charge in [0.25, 0.3) is 5.91 Å². The quantitative estimate of drug-likeness (QED) is 0.602. The van der Waals surface area contributed by atoms with E-state index in [2.05, 4.69) is 10.5 Å². The Bertz CT molecular complexity index is 716. The number of amides is 1. The largest absolute Gasteiger partial charge is 0.272 e. The molecule has 0 radical (unpaired) electrons. The summed E-state index contributed by atoms with van der Waals surface area (Å²) in [4.78, 5) is 11.9. The lowest BCUT2D eigenvalue weighted by atomic mass is 10.2. The van der Waals surface area contributed by atoms with Crippen molar-refractivity contribution in [1.29, 1.82) is 0 Å². The van der Waals surface area contributed by atoms with Crippen LogP contribution >= 0.6 is 46.4 Å². The smallest absolute Gasteiger partial charge is 0.267 e. The normalized spacial score (nSPS) is 10.9. The number of carbonyl (C=O) groups is 1. The molecule has 1 amide bonds. The molecule has 108 valence electrons. The molecule has 2 aromatic rings. The fourth-order valence-electron chi connectivity index (χ4n) is 1.50. The first kappa shape index (κ1) is 16.1. The summed E-state index contributed by atoms with van der Waals surface area (Å²) in [5.41, 5.74) is 3.27. The number of nitrogens with one attached hydrogen (secondary N) is 1. The van der Waals surface area contributed by atoms with Crippen molar-refractivity contribution in [3.8, 4) is 0 Å². The average molecular weight is 362 g/mol. The van der Waals surface area contributed by atoms with E-state index in [0.29, 0.717) is 20.6 Å². The lowest BCUT2D eigenvalue weighted by Crippen LogP contribution is -2.18. The van der Waals surface area contributed by atoms with E-state index in [1.807, 2.05) is 0 Å². The molecular formula is C14H8Cl4N2O. The number of halogens is 4. The van der Waals surface area contributed by atoms with Crippen LogP contribution in [0.5, 0.6) is 0 Å². The molecule has 0 bridgehead atoms. The third-order valence-electron chi connectivity index (χ3n) is 2.51. The first-order valence-corrected chi connectivity index (χ1v) is 7.22. The summed E-state index contributed by atoms with van der Waals surface area (Å²) in [6, 6.07) is 9.52. The van der Waals surface area contributed by atoms with Gasteiger partial charge in [-0.1, -0.05) is 52.5 Å². The Hall–Kier alpha value is -1.26. The summed E-state index contributed by atoms with van der Waals surface area (Å²) in [7, 11) is 0. The molecule has 0 spiro atoms. The van der Waals surface area contributed by atoms with Gasteiger partial charge in [0.1, 0.15) is 0 Å². The topological polar surface area (TPSA) is 41.5 Å².